The molecule has 0 aliphatic heterocycles. The molecule has 2 N–H and O–H groups in total. The summed E-state index contributed by atoms with van der Waals surface area (Å²) in [5.41, 5.74) is 6.47. The molecule has 0 bridgehead atoms. The molecule has 0 aromatic heterocycles. The molecule has 2 rings (SSSR count). The van der Waals surface area contributed by atoms with Gasteiger partial charge in [-0.25, -0.2) is 0 Å². The highest BCUT2D eigenvalue weighted by atomic mass is 79.9. The lowest BCUT2D eigenvalue weighted by molar-refractivity contribution is 1.69. The van der Waals surface area contributed by atoms with E-state index in [2.05, 4.69) is 15.9 Å². The second-order valence-electron chi connectivity index (χ2n) is 2.80. The lowest BCUT2D eigenvalue weighted by Gasteiger charge is -2.05. The van der Waals surface area contributed by atoms with Crippen molar-refractivity contribution in [3.05, 3.63) is 39.8 Å². The van der Waals surface area contributed by atoms with E-state index in [9.17, 15) is 0 Å². The third-order valence-electron chi connectivity index (χ3n) is 1.99. The highest BCUT2D eigenvalue weighted by Crippen LogP contribution is 2.34. The van der Waals surface area contributed by atoms with Crippen molar-refractivity contribution in [2.75, 3.05) is 5.73 Å². The minimum Gasteiger partial charge on any atom is -0.397 e. The first-order chi connectivity index (χ1) is 6.20. The van der Waals surface area contributed by atoms with Gasteiger partial charge in [-0.2, -0.15) is 0 Å². The quantitative estimate of drug-likeness (QED) is 0.712. The van der Waals surface area contributed by atoms with Gasteiger partial charge in [-0.1, -0.05) is 51.8 Å². The van der Waals surface area contributed by atoms with Crippen LogP contribution in [0.3, 0.4) is 0 Å². The second kappa shape index (κ2) is 3.20. The van der Waals surface area contributed by atoms with Crippen LogP contribution >= 0.6 is 27.5 Å². The predicted molar refractivity (Wildman–Crippen MR) is 61.1 cm³/mol. The number of halogens is 2. The Morgan fingerprint density at radius 1 is 1.15 bits per heavy atom. The summed E-state index contributed by atoms with van der Waals surface area (Å²) in [6.45, 7) is 0. The Hall–Kier alpha value is -0.730. The number of fused-ring (bicyclic) bond motifs is 1. The number of nitrogen functional groups attached to an aromatic ring is 1. The van der Waals surface area contributed by atoms with E-state index in [0.717, 1.165) is 15.2 Å². The summed E-state index contributed by atoms with van der Waals surface area (Å²) >= 11 is 9.38. The van der Waals surface area contributed by atoms with Gasteiger partial charge in [-0.3, -0.25) is 0 Å². The first kappa shape index (κ1) is 8.85. The van der Waals surface area contributed by atoms with Gasteiger partial charge in [0.2, 0.25) is 0 Å². The molecule has 0 spiro atoms. The average Bonchev–Trinajstić information content (AvgIpc) is 2.15. The highest BCUT2D eigenvalue weighted by Gasteiger charge is 2.05. The standard InChI is InChI=1S/C10H7BrClN/c11-8-5-9(12)10(13)7-4-2-1-3-6(7)8/h1-5H,13H2. The fourth-order valence-corrected chi connectivity index (χ4v) is 2.24. The molecule has 2 aromatic rings. The van der Waals surface area contributed by atoms with Gasteiger partial charge in [-0.15, -0.1) is 0 Å². The van der Waals surface area contributed by atoms with Crippen molar-refractivity contribution in [1.82, 2.24) is 0 Å². The number of hydrogen-bond donors (Lipinski definition) is 1. The summed E-state index contributed by atoms with van der Waals surface area (Å²) in [4.78, 5) is 0. The zero-order valence-electron chi connectivity index (χ0n) is 6.72. The Bertz CT molecular complexity index is 468. The fraction of sp³-hybridized carbons (Fsp3) is 0. The van der Waals surface area contributed by atoms with Crippen molar-refractivity contribution in [2.24, 2.45) is 0 Å². The van der Waals surface area contributed by atoms with Gasteiger partial charge in [0.15, 0.2) is 0 Å². The maximum Gasteiger partial charge on any atom is 0.0653 e. The zero-order chi connectivity index (χ0) is 9.42. The van der Waals surface area contributed by atoms with Crippen LogP contribution in [0.2, 0.25) is 5.02 Å². The Labute approximate surface area is 89.6 Å². The SMILES string of the molecule is Nc1c(Cl)cc(Br)c2ccccc12. The summed E-state index contributed by atoms with van der Waals surface area (Å²) in [7, 11) is 0. The van der Waals surface area contributed by atoms with Crippen LogP contribution < -0.4 is 5.73 Å². The first-order valence-electron chi connectivity index (χ1n) is 3.82. The molecule has 0 unspecified atom stereocenters. The number of benzene rings is 2. The van der Waals surface area contributed by atoms with Gasteiger partial charge in [0.05, 0.1) is 10.7 Å². The monoisotopic (exact) mass is 255 g/mol. The predicted octanol–water partition coefficient (Wildman–Crippen LogP) is 3.84. The first-order valence-corrected chi connectivity index (χ1v) is 4.99. The van der Waals surface area contributed by atoms with Crippen molar-refractivity contribution in [3.8, 4) is 0 Å². The Morgan fingerprint density at radius 2 is 1.77 bits per heavy atom. The maximum absolute atomic E-state index is 5.94. The summed E-state index contributed by atoms with van der Waals surface area (Å²) in [6, 6.07) is 9.70. The molecule has 0 heterocycles. The molecule has 0 aliphatic carbocycles. The van der Waals surface area contributed by atoms with Gasteiger partial charge in [0.1, 0.15) is 0 Å². The molecule has 1 nitrogen and oxygen atoms in total. The molecule has 0 fully saturated rings. The minimum absolute atomic E-state index is 0.588. The van der Waals surface area contributed by atoms with Crippen LogP contribution in [0.4, 0.5) is 5.69 Å². The minimum atomic E-state index is 0.588. The molecule has 0 aliphatic rings. The molecule has 0 atom stereocenters. The van der Waals surface area contributed by atoms with E-state index in [1.54, 1.807) is 0 Å². The third kappa shape index (κ3) is 1.40. The van der Waals surface area contributed by atoms with E-state index in [0.29, 0.717) is 10.7 Å². The maximum atomic E-state index is 5.94. The number of rotatable bonds is 0. The molecular formula is C10H7BrClN. The fourth-order valence-electron chi connectivity index (χ4n) is 1.32. The van der Waals surface area contributed by atoms with Gasteiger partial charge in [-0.05, 0) is 11.5 Å². The van der Waals surface area contributed by atoms with Crippen molar-refractivity contribution < 1.29 is 0 Å². The van der Waals surface area contributed by atoms with Crippen LogP contribution in [0, 0.1) is 0 Å². The van der Waals surface area contributed by atoms with Gasteiger partial charge in [0, 0.05) is 9.86 Å². The van der Waals surface area contributed by atoms with Crippen LogP contribution in [-0.4, -0.2) is 0 Å². The molecule has 66 valence electrons. The average molecular weight is 257 g/mol. The Morgan fingerprint density at radius 3 is 2.46 bits per heavy atom. The van der Waals surface area contributed by atoms with E-state index in [1.165, 1.54) is 0 Å². The van der Waals surface area contributed by atoms with Crippen molar-refractivity contribution in [2.45, 2.75) is 0 Å². The summed E-state index contributed by atoms with van der Waals surface area (Å²) in [5.74, 6) is 0. The number of hydrogen-bond acceptors (Lipinski definition) is 1. The summed E-state index contributed by atoms with van der Waals surface area (Å²) in [5, 5.41) is 2.66. The molecule has 3 heteroatoms. The molecule has 0 amide bonds. The van der Waals surface area contributed by atoms with Gasteiger partial charge in [0.25, 0.3) is 0 Å². The second-order valence-corrected chi connectivity index (χ2v) is 4.06. The lowest BCUT2D eigenvalue weighted by Crippen LogP contribution is -1.88. The van der Waals surface area contributed by atoms with Crippen LogP contribution in [0.25, 0.3) is 10.8 Å². The summed E-state index contributed by atoms with van der Waals surface area (Å²) < 4.78 is 0.974. The normalized spacial score (nSPS) is 10.6. The molecular weight excluding hydrogens is 249 g/mol. The van der Waals surface area contributed by atoms with Crippen LogP contribution in [-0.2, 0) is 0 Å². The largest absolute Gasteiger partial charge is 0.397 e. The van der Waals surface area contributed by atoms with E-state index in [1.807, 2.05) is 30.3 Å². The lowest BCUT2D eigenvalue weighted by atomic mass is 10.1. The molecule has 2 aromatic carbocycles. The van der Waals surface area contributed by atoms with E-state index in [-0.39, 0.29) is 0 Å². The highest BCUT2D eigenvalue weighted by molar-refractivity contribution is 9.10. The molecule has 0 saturated carbocycles. The van der Waals surface area contributed by atoms with E-state index < -0.39 is 0 Å². The van der Waals surface area contributed by atoms with Crippen molar-refractivity contribution >= 4 is 44.0 Å². The van der Waals surface area contributed by atoms with Gasteiger partial charge >= 0.3 is 0 Å². The van der Waals surface area contributed by atoms with Crippen LogP contribution in [0.15, 0.2) is 34.8 Å². The van der Waals surface area contributed by atoms with Crippen LogP contribution in [0.1, 0.15) is 0 Å². The molecule has 0 saturated heterocycles. The van der Waals surface area contributed by atoms with E-state index in [4.69, 9.17) is 17.3 Å². The van der Waals surface area contributed by atoms with Crippen molar-refractivity contribution in [1.29, 1.82) is 0 Å². The third-order valence-corrected chi connectivity index (χ3v) is 2.95. The molecule has 13 heavy (non-hydrogen) atoms. The Balaban J connectivity index is 2.97. The topological polar surface area (TPSA) is 26.0 Å². The Kier molecular flexibility index (Phi) is 2.18. The zero-order valence-corrected chi connectivity index (χ0v) is 9.06. The van der Waals surface area contributed by atoms with Crippen LogP contribution in [0.5, 0.6) is 0 Å². The molecule has 0 radical (unpaired) electrons. The van der Waals surface area contributed by atoms with Crippen molar-refractivity contribution in [3.63, 3.8) is 0 Å². The number of anilines is 1. The smallest absolute Gasteiger partial charge is 0.0653 e. The van der Waals surface area contributed by atoms with E-state index >= 15 is 0 Å². The number of nitrogens with two attached hydrogens (primary N) is 1. The van der Waals surface area contributed by atoms with Gasteiger partial charge < -0.3 is 5.73 Å². The summed E-state index contributed by atoms with van der Waals surface area (Å²) in [6.07, 6.45) is 0.